The van der Waals surface area contributed by atoms with Gasteiger partial charge in [-0.3, -0.25) is 4.79 Å². The van der Waals surface area contributed by atoms with Crippen LogP contribution in [0, 0.1) is 0 Å². The molecule has 7 heteroatoms. The average Bonchev–Trinajstić information content (AvgIpc) is 3.12. The highest BCUT2D eigenvalue weighted by atomic mass is 32.2. The van der Waals surface area contributed by atoms with Crippen molar-refractivity contribution in [3.05, 3.63) is 36.0 Å². The van der Waals surface area contributed by atoms with E-state index in [9.17, 15) is 4.79 Å². The molecule has 3 aromatic rings. The number of benzene rings is 1. The van der Waals surface area contributed by atoms with Crippen LogP contribution in [0.4, 0.5) is 0 Å². The minimum absolute atomic E-state index is 0.0906. The van der Waals surface area contributed by atoms with Crippen molar-refractivity contribution < 1.29 is 4.79 Å². The molecule has 1 aliphatic rings. The Bertz CT molecular complexity index is 835. The summed E-state index contributed by atoms with van der Waals surface area (Å²) >= 11 is 1.42. The predicted molar refractivity (Wildman–Crippen MR) is 84.0 cm³/mol. The Kier molecular flexibility index (Phi) is 3.22. The number of H-pyrrole nitrogens is 1. The highest BCUT2D eigenvalue weighted by Gasteiger charge is 2.30. The number of fused-ring (bicyclic) bond motifs is 1. The number of carbonyl (C=O) groups is 1. The molecule has 22 heavy (non-hydrogen) atoms. The normalized spacial score (nSPS) is 16.0. The van der Waals surface area contributed by atoms with Gasteiger partial charge in [-0.15, -0.1) is 5.10 Å². The Balaban J connectivity index is 1.58. The molecule has 1 atom stereocenters. The van der Waals surface area contributed by atoms with Gasteiger partial charge in [-0.2, -0.15) is 0 Å². The summed E-state index contributed by atoms with van der Waals surface area (Å²) < 4.78 is 1.84. The van der Waals surface area contributed by atoms with E-state index in [1.807, 2.05) is 35.9 Å². The second-order valence-corrected chi connectivity index (χ2v) is 6.82. The fourth-order valence-electron chi connectivity index (χ4n) is 2.52. The van der Waals surface area contributed by atoms with Crippen molar-refractivity contribution >= 4 is 28.4 Å². The zero-order valence-corrected chi connectivity index (χ0v) is 12.9. The molecule has 2 aromatic heterocycles. The van der Waals surface area contributed by atoms with Gasteiger partial charge >= 0.3 is 0 Å². The first-order valence-electron chi connectivity index (χ1n) is 7.29. The lowest BCUT2D eigenvalue weighted by molar-refractivity contribution is 0.0995. The molecule has 1 fully saturated rings. The first-order valence-corrected chi connectivity index (χ1v) is 8.17. The molecule has 1 aromatic carbocycles. The average molecular weight is 313 g/mol. The number of rotatable bonds is 5. The van der Waals surface area contributed by atoms with E-state index in [0.717, 1.165) is 34.5 Å². The Morgan fingerprint density at radius 2 is 2.23 bits per heavy atom. The number of hydrogen-bond donors (Lipinski definition) is 1. The van der Waals surface area contributed by atoms with Crippen molar-refractivity contribution in [1.29, 1.82) is 0 Å². The SMILES string of the molecule is C[C@H](Sc1nnnn1C1CC1)C(=O)c1c[nH]c2ccccc12. The summed E-state index contributed by atoms with van der Waals surface area (Å²) in [4.78, 5) is 15.9. The van der Waals surface area contributed by atoms with Crippen LogP contribution in [-0.2, 0) is 0 Å². The van der Waals surface area contributed by atoms with Crippen LogP contribution >= 0.6 is 11.8 Å². The number of Topliss-reactive ketones (excluding diaryl/α,β-unsaturated/α-hetero) is 1. The van der Waals surface area contributed by atoms with Crippen LogP contribution < -0.4 is 0 Å². The standard InChI is InChI=1S/C15H15N5OS/c1-9(22-15-17-18-19-20(15)10-6-7-10)14(21)12-8-16-13-5-3-2-4-11(12)13/h2-5,8-10,16H,6-7H2,1H3/t9-/m0/s1. The molecule has 0 radical (unpaired) electrons. The maximum atomic E-state index is 12.7. The summed E-state index contributed by atoms with van der Waals surface area (Å²) in [6.07, 6.45) is 4.01. The van der Waals surface area contributed by atoms with Crippen LogP contribution in [0.15, 0.2) is 35.6 Å². The van der Waals surface area contributed by atoms with Crippen LogP contribution in [-0.4, -0.2) is 36.2 Å². The summed E-state index contributed by atoms with van der Waals surface area (Å²) in [6.45, 7) is 1.90. The maximum absolute atomic E-state index is 12.7. The second-order valence-electron chi connectivity index (χ2n) is 5.51. The molecule has 0 unspecified atom stereocenters. The molecule has 1 N–H and O–H groups in total. The van der Waals surface area contributed by atoms with Crippen molar-refractivity contribution in [2.24, 2.45) is 0 Å². The Hall–Kier alpha value is -2.15. The molecule has 0 bridgehead atoms. The topological polar surface area (TPSA) is 76.5 Å². The van der Waals surface area contributed by atoms with Gasteiger partial charge in [0.25, 0.3) is 0 Å². The number of nitrogens with one attached hydrogen (secondary N) is 1. The summed E-state index contributed by atoms with van der Waals surface area (Å²) in [5.74, 6) is 0.0906. The third-order valence-corrected chi connectivity index (χ3v) is 4.91. The van der Waals surface area contributed by atoms with Gasteiger partial charge in [0.2, 0.25) is 5.16 Å². The fourth-order valence-corrected chi connectivity index (χ4v) is 3.44. The third kappa shape index (κ3) is 2.31. The number of thioether (sulfide) groups is 1. The lowest BCUT2D eigenvalue weighted by Crippen LogP contribution is -2.14. The number of aromatic amines is 1. The Morgan fingerprint density at radius 1 is 1.41 bits per heavy atom. The minimum atomic E-state index is -0.234. The molecule has 0 amide bonds. The van der Waals surface area contributed by atoms with E-state index >= 15 is 0 Å². The van der Waals surface area contributed by atoms with Gasteiger partial charge in [0.05, 0.1) is 11.3 Å². The first-order chi connectivity index (χ1) is 10.7. The molecule has 1 saturated carbocycles. The molecular weight excluding hydrogens is 298 g/mol. The summed E-state index contributed by atoms with van der Waals surface area (Å²) in [7, 11) is 0. The molecule has 4 rings (SSSR count). The largest absolute Gasteiger partial charge is 0.360 e. The maximum Gasteiger partial charge on any atom is 0.210 e. The smallest absolute Gasteiger partial charge is 0.210 e. The van der Waals surface area contributed by atoms with Gasteiger partial charge in [0, 0.05) is 22.7 Å². The highest BCUT2D eigenvalue weighted by Crippen LogP contribution is 2.37. The van der Waals surface area contributed by atoms with Crippen molar-refractivity contribution in [1.82, 2.24) is 25.2 Å². The Labute approximate surface area is 131 Å². The molecule has 112 valence electrons. The number of tetrazole rings is 1. The van der Waals surface area contributed by atoms with E-state index < -0.39 is 0 Å². The molecule has 1 aliphatic carbocycles. The van der Waals surface area contributed by atoms with Crippen LogP contribution in [0.3, 0.4) is 0 Å². The zero-order chi connectivity index (χ0) is 15.1. The summed E-state index contributed by atoms with van der Waals surface area (Å²) in [5, 5.41) is 13.3. The van der Waals surface area contributed by atoms with Crippen LogP contribution in [0.1, 0.15) is 36.2 Å². The van der Waals surface area contributed by atoms with Crippen molar-refractivity contribution in [2.75, 3.05) is 0 Å². The molecule has 2 heterocycles. The van der Waals surface area contributed by atoms with E-state index in [1.165, 1.54) is 11.8 Å². The van der Waals surface area contributed by atoms with Gasteiger partial charge < -0.3 is 4.98 Å². The zero-order valence-electron chi connectivity index (χ0n) is 12.1. The predicted octanol–water partition coefficient (Wildman–Crippen LogP) is 2.85. The van der Waals surface area contributed by atoms with Crippen LogP contribution in [0.2, 0.25) is 0 Å². The van der Waals surface area contributed by atoms with Gasteiger partial charge in [-0.25, -0.2) is 4.68 Å². The van der Waals surface area contributed by atoms with Crippen molar-refractivity contribution in [3.8, 4) is 0 Å². The number of carbonyl (C=O) groups excluding carboxylic acids is 1. The van der Waals surface area contributed by atoms with E-state index in [0.29, 0.717) is 6.04 Å². The Morgan fingerprint density at radius 3 is 3.05 bits per heavy atom. The number of hydrogen-bond acceptors (Lipinski definition) is 5. The van der Waals surface area contributed by atoms with E-state index in [1.54, 1.807) is 6.20 Å². The lowest BCUT2D eigenvalue weighted by Gasteiger charge is -2.09. The van der Waals surface area contributed by atoms with Gasteiger partial charge in [0.1, 0.15) is 0 Å². The highest BCUT2D eigenvalue weighted by molar-refractivity contribution is 8.00. The molecule has 0 spiro atoms. The minimum Gasteiger partial charge on any atom is -0.360 e. The van der Waals surface area contributed by atoms with Gasteiger partial charge in [-0.05, 0) is 36.3 Å². The van der Waals surface area contributed by atoms with E-state index in [2.05, 4.69) is 20.5 Å². The summed E-state index contributed by atoms with van der Waals surface area (Å²) in [5.41, 5.74) is 1.70. The number of nitrogens with zero attached hydrogens (tertiary/aromatic N) is 4. The number of para-hydroxylation sites is 1. The molecule has 0 saturated heterocycles. The monoisotopic (exact) mass is 313 g/mol. The lowest BCUT2D eigenvalue weighted by atomic mass is 10.1. The van der Waals surface area contributed by atoms with E-state index in [4.69, 9.17) is 0 Å². The molecular formula is C15H15N5OS. The third-order valence-electron chi connectivity index (χ3n) is 3.86. The van der Waals surface area contributed by atoms with Crippen LogP contribution in [0.5, 0.6) is 0 Å². The summed E-state index contributed by atoms with van der Waals surface area (Å²) in [6, 6.07) is 8.24. The molecule has 0 aliphatic heterocycles. The second kappa shape index (κ2) is 5.24. The van der Waals surface area contributed by atoms with Crippen molar-refractivity contribution in [3.63, 3.8) is 0 Å². The van der Waals surface area contributed by atoms with Gasteiger partial charge in [0.15, 0.2) is 5.78 Å². The van der Waals surface area contributed by atoms with Crippen molar-refractivity contribution in [2.45, 2.75) is 36.2 Å². The van der Waals surface area contributed by atoms with Gasteiger partial charge in [-0.1, -0.05) is 30.0 Å². The molecule has 6 nitrogen and oxygen atoms in total. The quantitative estimate of drug-likeness (QED) is 0.579. The van der Waals surface area contributed by atoms with Crippen LogP contribution in [0.25, 0.3) is 10.9 Å². The number of aromatic nitrogens is 5. The number of ketones is 1. The van der Waals surface area contributed by atoms with E-state index in [-0.39, 0.29) is 11.0 Å². The first kappa shape index (κ1) is 13.5. The fraction of sp³-hybridized carbons (Fsp3) is 0.333.